The summed E-state index contributed by atoms with van der Waals surface area (Å²) in [5.74, 6) is -4.22. The average Bonchev–Trinajstić information content (AvgIpc) is 2.12. The molecule has 0 aromatic heterocycles. The van der Waals surface area contributed by atoms with Crippen molar-refractivity contribution in [3.63, 3.8) is 0 Å². The summed E-state index contributed by atoms with van der Waals surface area (Å²) in [5, 5.41) is 54.7. The van der Waals surface area contributed by atoms with Crippen LogP contribution in [-0.4, -0.2) is 79.8 Å². The molecule has 0 aliphatic heterocycles. The summed E-state index contributed by atoms with van der Waals surface area (Å²) in [6.07, 6.45) is -9.76. The number of aliphatic hydroxyl groups is 4. The van der Waals surface area contributed by atoms with Crippen LogP contribution in [0.5, 0.6) is 0 Å². The number of hydrogen-bond acceptors (Lipinski definition) is 8. The fraction of sp³-hybridized carbons (Fsp3) is 0.667. The molecule has 0 aliphatic carbocycles. The molecule has 0 amide bonds. The molecule has 0 radical (unpaired) electrons. The molecule has 0 aromatic rings. The summed E-state index contributed by atoms with van der Waals surface area (Å²) in [5.41, 5.74) is 0. The van der Waals surface area contributed by atoms with Crippen molar-refractivity contribution in [2.45, 2.75) is 24.4 Å². The fourth-order valence-electron chi connectivity index (χ4n) is 0.652. The molecule has 4 N–H and O–H groups in total. The minimum absolute atomic E-state index is 0. The molecule has 0 unspecified atom stereocenters. The molecule has 0 bridgehead atoms. The molecular formula is C6H8MgO8. The maximum atomic E-state index is 9.96. The standard InChI is InChI=1S/C6H10O8.Mg/c7-1(3(9)5(11)12)2(8)4(10)6(13)14;/h1-4,7-10H,(H,11,12)(H,13,14);/q;+2/p-2/t1-,2-,3-,4-;/m1./s1. The second-order valence-electron chi connectivity index (χ2n) is 2.51. The summed E-state index contributed by atoms with van der Waals surface area (Å²) in [6, 6.07) is 0. The smallest absolute Gasteiger partial charge is 0.547 e. The SMILES string of the molecule is O=C([O-])[C@H](O)[C@H](O)[C@@H](O)[C@@H](O)C(=O)[O-].[Mg+2]. The minimum Gasteiger partial charge on any atom is -0.547 e. The molecule has 0 heterocycles. The molecule has 0 aliphatic rings. The second kappa shape index (κ2) is 6.93. The topological polar surface area (TPSA) is 161 Å². The molecule has 0 saturated carbocycles. The zero-order chi connectivity index (χ0) is 11.5. The Bertz CT molecular complexity index is 207. The summed E-state index contributed by atoms with van der Waals surface area (Å²) in [7, 11) is 0. The fourth-order valence-corrected chi connectivity index (χ4v) is 0.652. The monoisotopic (exact) mass is 232 g/mol. The van der Waals surface area contributed by atoms with E-state index in [4.69, 9.17) is 20.4 Å². The maximum absolute atomic E-state index is 9.96. The Labute approximate surface area is 99.9 Å². The van der Waals surface area contributed by atoms with Crippen molar-refractivity contribution in [1.29, 1.82) is 0 Å². The molecule has 0 aromatic carbocycles. The number of carbonyl (C=O) groups excluding carboxylic acids is 2. The van der Waals surface area contributed by atoms with Crippen LogP contribution in [0.1, 0.15) is 0 Å². The number of carboxylic acids is 2. The Morgan fingerprint density at radius 3 is 1.13 bits per heavy atom. The number of aliphatic hydroxyl groups excluding tert-OH is 4. The van der Waals surface area contributed by atoms with E-state index in [0.29, 0.717) is 0 Å². The van der Waals surface area contributed by atoms with Gasteiger partial charge in [0.15, 0.2) is 0 Å². The first-order valence-electron chi connectivity index (χ1n) is 3.43. The predicted octanol–water partition coefficient (Wildman–Crippen LogP) is -6.45. The Balaban J connectivity index is 0. The Morgan fingerprint density at radius 2 is 1.00 bits per heavy atom. The van der Waals surface area contributed by atoms with Crippen LogP contribution in [0, 0.1) is 0 Å². The largest absolute Gasteiger partial charge is 2.00 e. The molecule has 15 heavy (non-hydrogen) atoms. The average molecular weight is 232 g/mol. The van der Waals surface area contributed by atoms with Crippen LogP contribution in [0.3, 0.4) is 0 Å². The van der Waals surface area contributed by atoms with Gasteiger partial charge in [0.1, 0.15) is 24.4 Å². The summed E-state index contributed by atoms with van der Waals surface area (Å²) in [6.45, 7) is 0. The van der Waals surface area contributed by atoms with E-state index in [9.17, 15) is 19.8 Å². The number of carboxylic acid groups (broad SMARTS) is 2. The van der Waals surface area contributed by atoms with E-state index in [2.05, 4.69) is 0 Å². The first-order chi connectivity index (χ1) is 6.29. The van der Waals surface area contributed by atoms with E-state index in [1.165, 1.54) is 0 Å². The molecular weight excluding hydrogens is 224 g/mol. The summed E-state index contributed by atoms with van der Waals surface area (Å²) >= 11 is 0. The Kier molecular flexibility index (Phi) is 7.83. The zero-order valence-corrected chi connectivity index (χ0v) is 8.85. The quantitative estimate of drug-likeness (QED) is 0.340. The van der Waals surface area contributed by atoms with Crippen LogP contribution in [0.25, 0.3) is 0 Å². The van der Waals surface area contributed by atoms with E-state index in [-0.39, 0.29) is 23.1 Å². The van der Waals surface area contributed by atoms with Crippen molar-refractivity contribution in [2.75, 3.05) is 0 Å². The summed E-state index contributed by atoms with van der Waals surface area (Å²) in [4.78, 5) is 19.9. The van der Waals surface area contributed by atoms with Crippen LogP contribution in [0.15, 0.2) is 0 Å². The maximum Gasteiger partial charge on any atom is 2.00 e. The van der Waals surface area contributed by atoms with Crippen molar-refractivity contribution < 1.29 is 40.2 Å². The molecule has 0 fully saturated rings. The first-order valence-corrected chi connectivity index (χ1v) is 3.43. The van der Waals surface area contributed by atoms with Gasteiger partial charge in [-0.25, -0.2) is 0 Å². The van der Waals surface area contributed by atoms with Crippen molar-refractivity contribution in [3.8, 4) is 0 Å². The molecule has 0 saturated heterocycles. The molecule has 0 spiro atoms. The van der Waals surface area contributed by atoms with E-state index >= 15 is 0 Å². The Morgan fingerprint density at radius 1 is 0.800 bits per heavy atom. The molecule has 9 heteroatoms. The Hall–Kier alpha value is -0.454. The predicted molar refractivity (Wildman–Crippen MR) is 39.8 cm³/mol. The number of hydrogen-bond donors (Lipinski definition) is 4. The van der Waals surface area contributed by atoms with Crippen LogP contribution in [0.4, 0.5) is 0 Å². The van der Waals surface area contributed by atoms with Gasteiger partial charge in [0, 0.05) is 0 Å². The van der Waals surface area contributed by atoms with Gasteiger partial charge in [-0.3, -0.25) is 0 Å². The van der Waals surface area contributed by atoms with E-state index in [1.807, 2.05) is 0 Å². The van der Waals surface area contributed by atoms with Crippen molar-refractivity contribution in [2.24, 2.45) is 0 Å². The van der Waals surface area contributed by atoms with Crippen LogP contribution < -0.4 is 10.2 Å². The zero-order valence-electron chi connectivity index (χ0n) is 7.44. The van der Waals surface area contributed by atoms with Crippen LogP contribution in [-0.2, 0) is 9.59 Å². The van der Waals surface area contributed by atoms with Gasteiger partial charge < -0.3 is 40.2 Å². The second-order valence-corrected chi connectivity index (χ2v) is 2.51. The van der Waals surface area contributed by atoms with E-state index in [1.54, 1.807) is 0 Å². The normalized spacial score (nSPS) is 18.1. The number of aliphatic carboxylic acids is 2. The molecule has 82 valence electrons. The minimum atomic E-state index is -2.50. The third kappa shape index (κ3) is 4.73. The third-order valence-corrected chi connectivity index (χ3v) is 1.48. The van der Waals surface area contributed by atoms with E-state index < -0.39 is 36.4 Å². The molecule has 4 atom stereocenters. The number of carbonyl (C=O) groups is 2. The van der Waals surface area contributed by atoms with Crippen molar-refractivity contribution in [1.82, 2.24) is 0 Å². The van der Waals surface area contributed by atoms with Gasteiger partial charge in [-0.05, 0) is 0 Å². The summed E-state index contributed by atoms with van der Waals surface area (Å²) < 4.78 is 0. The van der Waals surface area contributed by atoms with Gasteiger partial charge in [0.2, 0.25) is 0 Å². The molecule has 8 nitrogen and oxygen atoms in total. The number of rotatable bonds is 5. The van der Waals surface area contributed by atoms with Gasteiger partial charge in [0.25, 0.3) is 0 Å². The molecule has 0 rings (SSSR count). The van der Waals surface area contributed by atoms with Gasteiger partial charge in [-0.2, -0.15) is 0 Å². The first kappa shape index (κ1) is 17.0. The van der Waals surface area contributed by atoms with Gasteiger partial charge in [0.05, 0.1) is 11.9 Å². The van der Waals surface area contributed by atoms with Crippen LogP contribution in [0.2, 0.25) is 0 Å². The third-order valence-electron chi connectivity index (χ3n) is 1.48. The van der Waals surface area contributed by atoms with E-state index in [0.717, 1.165) is 0 Å². The van der Waals surface area contributed by atoms with Crippen molar-refractivity contribution >= 4 is 35.0 Å². The van der Waals surface area contributed by atoms with Gasteiger partial charge >= 0.3 is 23.1 Å². The van der Waals surface area contributed by atoms with Crippen LogP contribution >= 0.6 is 0 Å². The van der Waals surface area contributed by atoms with Crippen molar-refractivity contribution in [3.05, 3.63) is 0 Å². The van der Waals surface area contributed by atoms with Gasteiger partial charge in [-0.1, -0.05) is 0 Å². The van der Waals surface area contributed by atoms with Gasteiger partial charge in [-0.15, -0.1) is 0 Å².